The number of terminal acetylenes is 1. The van der Waals surface area contributed by atoms with Crippen molar-refractivity contribution in [3.63, 3.8) is 0 Å². The minimum atomic E-state index is -0.120. The number of carbonyl (C=O) groups is 1. The topological polar surface area (TPSA) is 43.6 Å². The maximum atomic E-state index is 12.3. The highest BCUT2D eigenvalue weighted by atomic mass is 32.1. The van der Waals surface area contributed by atoms with Gasteiger partial charge in [0.05, 0.1) is 23.9 Å². The highest BCUT2D eigenvalue weighted by molar-refractivity contribution is 7.16. The number of aryl methyl sites for hydroxylation is 1. The fourth-order valence-electron chi connectivity index (χ4n) is 2.76. The average Bonchev–Trinajstić information content (AvgIpc) is 2.99. The highest BCUT2D eigenvalue weighted by Gasteiger charge is 2.08. The van der Waals surface area contributed by atoms with Crippen LogP contribution in [0.5, 0.6) is 5.75 Å². The molecule has 2 aromatic carbocycles. The van der Waals surface area contributed by atoms with Gasteiger partial charge in [0.15, 0.2) is 4.80 Å². The number of methoxy groups -OCH3 is 1. The van der Waals surface area contributed by atoms with E-state index < -0.39 is 0 Å². The molecule has 5 heteroatoms. The Morgan fingerprint density at radius 3 is 2.81 bits per heavy atom. The third kappa shape index (κ3) is 4.22. The van der Waals surface area contributed by atoms with Crippen molar-refractivity contribution in [2.75, 3.05) is 7.11 Å². The molecule has 0 saturated heterocycles. The number of hydrogen-bond acceptors (Lipinski definition) is 3. The van der Waals surface area contributed by atoms with Crippen LogP contribution in [-0.2, 0) is 17.8 Å². The summed E-state index contributed by atoms with van der Waals surface area (Å²) >= 11 is 1.45. The smallest absolute Gasteiger partial charge is 0.248 e. The number of hydrogen-bond donors (Lipinski definition) is 0. The molecule has 0 aliphatic heterocycles. The normalized spacial score (nSPS) is 11.5. The van der Waals surface area contributed by atoms with Gasteiger partial charge in [-0.3, -0.25) is 4.79 Å². The van der Waals surface area contributed by atoms with Gasteiger partial charge in [0.2, 0.25) is 5.91 Å². The zero-order valence-corrected chi connectivity index (χ0v) is 15.5. The predicted molar refractivity (Wildman–Crippen MR) is 105 cm³/mol. The Labute approximate surface area is 156 Å². The van der Waals surface area contributed by atoms with Crippen LogP contribution in [0.3, 0.4) is 0 Å². The molecule has 0 unspecified atom stereocenters. The summed E-state index contributed by atoms with van der Waals surface area (Å²) in [5.41, 5.74) is 2.20. The largest absolute Gasteiger partial charge is 0.497 e. The van der Waals surface area contributed by atoms with Gasteiger partial charge in [-0.25, -0.2) is 0 Å². The third-order valence-electron chi connectivity index (χ3n) is 4.06. The Kier molecular flexibility index (Phi) is 5.88. The monoisotopic (exact) mass is 364 g/mol. The fraction of sp³-hybridized carbons (Fsp3) is 0.238. The second-order valence-electron chi connectivity index (χ2n) is 5.85. The molecule has 0 N–H and O–H groups in total. The molecule has 0 radical (unpaired) electrons. The lowest BCUT2D eigenvalue weighted by Gasteiger charge is -2.02. The van der Waals surface area contributed by atoms with Crippen LogP contribution < -0.4 is 9.54 Å². The number of amides is 1. The molecule has 0 saturated carbocycles. The van der Waals surface area contributed by atoms with Gasteiger partial charge in [-0.2, -0.15) is 4.99 Å². The number of fused-ring (bicyclic) bond motifs is 1. The molecule has 132 valence electrons. The Morgan fingerprint density at radius 1 is 1.27 bits per heavy atom. The molecule has 0 aliphatic carbocycles. The molecule has 26 heavy (non-hydrogen) atoms. The second kappa shape index (κ2) is 8.50. The van der Waals surface area contributed by atoms with E-state index in [1.165, 1.54) is 16.9 Å². The first-order valence-corrected chi connectivity index (χ1v) is 9.25. The molecule has 0 atom stereocenters. The Hall–Kier alpha value is -2.84. The lowest BCUT2D eigenvalue weighted by Crippen LogP contribution is -2.16. The van der Waals surface area contributed by atoms with Crippen molar-refractivity contribution in [2.45, 2.75) is 25.8 Å². The molecule has 1 aromatic heterocycles. The van der Waals surface area contributed by atoms with Crippen molar-refractivity contribution in [2.24, 2.45) is 4.99 Å². The fourth-order valence-corrected chi connectivity index (χ4v) is 3.84. The zero-order valence-electron chi connectivity index (χ0n) is 14.6. The van der Waals surface area contributed by atoms with Crippen molar-refractivity contribution in [1.82, 2.24) is 4.57 Å². The van der Waals surface area contributed by atoms with E-state index in [9.17, 15) is 4.79 Å². The van der Waals surface area contributed by atoms with Crippen LogP contribution >= 0.6 is 11.3 Å². The molecule has 0 bridgehead atoms. The average molecular weight is 364 g/mol. The van der Waals surface area contributed by atoms with Gasteiger partial charge in [-0.05, 0) is 36.6 Å². The zero-order chi connectivity index (χ0) is 18.4. The lowest BCUT2D eigenvalue weighted by atomic mass is 10.1. The molecule has 0 fully saturated rings. The SMILES string of the molecule is C#CCn1c(=NC(=O)CCCc2ccccc2)sc2cc(OC)ccc21. The van der Waals surface area contributed by atoms with E-state index in [0.29, 0.717) is 17.8 Å². The van der Waals surface area contributed by atoms with E-state index in [0.717, 1.165) is 28.8 Å². The summed E-state index contributed by atoms with van der Waals surface area (Å²) < 4.78 is 8.16. The molecule has 4 nitrogen and oxygen atoms in total. The number of thiazole rings is 1. The minimum Gasteiger partial charge on any atom is -0.497 e. The first kappa shape index (κ1) is 18.0. The van der Waals surface area contributed by atoms with Crippen LogP contribution in [0.1, 0.15) is 18.4 Å². The Balaban J connectivity index is 1.80. The van der Waals surface area contributed by atoms with Gasteiger partial charge in [0, 0.05) is 6.42 Å². The van der Waals surface area contributed by atoms with Crippen LogP contribution in [0.25, 0.3) is 10.2 Å². The van der Waals surface area contributed by atoms with Crippen LogP contribution in [0.4, 0.5) is 0 Å². The standard InChI is InChI=1S/C21H20N2O2S/c1-3-14-23-18-13-12-17(25-2)15-19(18)26-21(23)22-20(24)11-7-10-16-8-5-4-6-9-16/h1,4-6,8-9,12-13,15H,7,10-11,14H2,2H3. The van der Waals surface area contributed by atoms with Crippen molar-refractivity contribution in [3.8, 4) is 18.1 Å². The molecular formula is C21H20N2O2S. The van der Waals surface area contributed by atoms with Crippen LogP contribution in [0.2, 0.25) is 0 Å². The maximum Gasteiger partial charge on any atom is 0.248 e. The van der Waals surface area contributed by atoms with Gasteiger partial charge in [0.25, 0.3) is 0 Å². The van der Waals surface area contributed by atoms with Gasteiger partial charge < -0.3 is 9.30 Å². The second-order valence-corrected chi connectivity index (χ2v) is 6.86. The summed E-state index contributed by atoms with van der Waals surface area (Å²) in [6.45, 7) is 0.377. The van der Waals surface area contributed by atoms with E-state index in [1.807, 2.05) is 41.0 Å². The summed E-state index contributed by atoms with van der Waals surface area (Å²) in [4.78, 5) is 17.3. The summed E-state index contributed by atoms with van der Waals surface area (Å²) in [7, 11) is 1.63. The lowest BCUT2D eigenvalue weighted by molar-refractivity contribution is -0.118. The molecule has 0 aliphatic rings. The van der Waals surface area contributed by atoms with Crippen LogP contribution in [-0.4, -0.2) is 17.6 Å². The summed E-state index contributed by atoms with van der Waals surface area (Å²) in [5.74, 6) is 3.29. The number of nitrogens with zero attached hydrogens (tertiary/aromatic N) is 2. The molecule has 0 spiro atoms. The number of benzene rings is 2. The summed E-state index contributed by atoms with van der Waals surface area (Å²) in [6.07, 6.45) is 7.56. The summed E-state index contributed by atoms with van der Waals surface area (Å²) in [5, 5.41) is 0. The van der Waals surface area contributed by atoms with Crippen molar-refractivity contribution >= 4 is 27.5 Å². The number of aromatic nitrogens is 1. The van der Waals surface area contributed by atoms with Gasteiger partial charge in [-0.1, -0.05) is 47.6 Å². The van der Waals surface area contributed by atoms with Crippen molar-refractivity contribution in [1.29, 1.82) is 0 Å². The minimum absolute atomic E-state index is 0.120. The molecule has 1 amide bonds. The van der Waals surface area contributed by atoms with Crippen LogP contribution in [0, 0.1) is 12.3 Å². The van der Waals surface area contributed by atoms with E-state index in [-0.39, 0.29) is 5.91 Å². The summed E-state index contributed by atoms with van der Waals surface area (Å²) in [6, 6.07) is 15.9. The quantitative estimate of drug-likeness (QED) is 0.625. The van der Waals surface area contributed by atoms with E-state index in [2.05, 4.69) is 23.0 Å². The maximum absolute atomic E-state index is 12.3. The van der Waals surface area contributed by atoms with E-state index >= 15 is 0 Å². The Bertz CT molecular complexity index is 1010. The van der Waals surface area contributed by atoms with Gasteiger partial charge in [-0.15, -0.1) is 6.42 Å². The number of carbonyl (C=O) groups excluding carboxylic acids is 1. The first-order chi connectivity index (χ1) is 12.7. The van der Waals surface area contributed by atoms with Crippen LogP contribution in [0.15, 0.2) is 53.5 Å². The van der Waals surface area contributed by atoms with Gasteiger partial charge >= 0.3 is 0 Å². The van der Waals surface area contributed by atoms with Gasteiger partial charge in [0.1, 0.15) is 5.75 Å². The Morgan fingerprint density at radius 2 is 2.08 bits per heavy atom. The van der Waals surface area contributed by atoms with E-state index in [1.54, 1.807) is 7.11 Å². The third-order valence-corrected chi connectivity index (χ3v) is 5.10. The highest BCUT2D eigenvalue weighted by Crippen LogP contribution is 2.23. The molecule has 1 heterocycles. The number of rotatable bonds is 6. The van der Waals surface area contributed by atoms with E-state index in [4.69, 9.17) is 11.2 Å². The molecular weight excluding hydrogens is 344 g/mol. The molecule has 3 rings (SSSR count). The predicted octanol–water partition coefficient (Wildman–Crippen LogP) is 3.79. The molecule has 3 aromatic rings. The first-order valence-electron chi connectivity index (χ1n) is 8.43. The van der Waals surface area contributed by atoms with Crippen molar-refractivity contribution < 1.29 is 9.53 Å². The number of ether oxygens (including phenoxy) is 1. The van der Waals surface area contributed by atoms with Crippen molar-refractivity contribution in [3.05, 3.63) is 58.9 Å².